The average Bonchev–Trinajstić information content (AvgIpc) is 3.46. The number of rotatable bonds is 4. The van der Waals surface area contributed by atoms with Crippen molar-refractivity contribution in [2.24, 2.45) is 0 Å². The first-order chi connectivity index (χ1) is 14.1. The van der Waals surface area contributed by atoms with Crippen LogP contribution in [-0.4, -0.2) is 26.1 Å². The van der Waals surface area contributed by atoms with Gasteiger partial charge in [0, 0.05) is 27.4 Å². The molecule has 6 nitrogen and oxygen atoms in total. The third-order valence-corrected chi connectivity index (χ3v) is 6.18. The summed E-state index contributed by atoms with van der Waals surface area (Å²) in [5.74, 6) is 0.0455. The summed E-state index contributed by atoms with van der Waals surface area (Å²) in [6, 6.07) is 12.3. The van der Waals surface area contributed by atoms with Crippen molar-refractivity contribution in [1.29, 1.82) is 0 Å². The normalized spacial score (nSPS) is 11.6. The predicted molar refractivity (Wildman–Crippen MR) is 118 cm³/mol. The standard InChI is InChI=1S/C22H19N5OS/c1-12(2)21-20(24-11-29-21)22(28)26-18-8-13(9-19-16(18)10-25-27-19)14-4-3-5-17-15(14)6-7-23-17/h3-12,23H,1-2H3,(H,25,27)(H,26,28). The Morgan fingerprint density at radius 3 is 2.90 bits per heavy atom. The third kappa shape index (κ3) is 3.00. The van der Waals surface area contributed by atoms with Gasteiger partial charge in [-0.05, 0) is 41.3 Å². The van der Waals surface area contributed by atoms with E-state index in [1.807, 2.05) is 24.4 Å². The summed E-state index contributed by atoms with van der Waals surface area (Å²) >= 11 is 1.51. The van der Waals surface area contributed by atoms with Crippen LogP contribution in [0.5, 0.6) is 0 Å². The molecule has 29 heavy (non-hydrogen) atoms. The lowest BCUT2D eigenvalue weighted by Crippen LogP contribution is -2.14. The molecule has 1 amide bonds. The lowest BCUT2D eigenvalue weighted by Gasteiger charge is -2.11. The summed E-state index contributed by atoms with van der Waals surface area (Å²) in [6.45, 7) is 4.13. The second kappa shape index (κ2) is 6.86. The molecule has 0 aliphatic heterocycles. The zero-order valence-electron chi connectivity index (χ0n) is 16.0. The summed E-state index contributed by atoms with van der Waals surface area (Å²) in [5, 5.41) is 12.2. The number of nitrogens with zero attached hydrogens (tertiary/aromatic N) is 2. The number of fused-ring (bicyclic) bond motifs is 2. The number of hydrogen-bond acceptors (Lipinski definition) is 4. The van der Waals surface area contributed by atoms with Crippen LogP contribution in [0.3, 0.4) is 0 Å². The minimum Gasteiger partial charge on any atom is -0.361 e. The Balaban J connectivity index is 1.61. The van der Waals surface area contributed by atoms with E-state index in [2.05, 4.69) is 57.5 Å². The highest BCUT2D eigenvalue weighted by Crippen LogP contribution is 2.34. The first-order valence-electron chi connectivity index (χ1n) is 9.40. The van der Waals surface area contributed by atoms with Crippen molar-refractivity contribution in [1.82, 2.24) is 20.2 Å². The van der Waals surface area contributed by atoms with E-state index in [9.17, 15) is 4.79 Å². The van der Waals surface area contributed by atoms with E-state index in [0.717, 1.165) is 37.8 Å². The van der Waals surface area contributed by atoms with Gasteiger partial charge in [-0.15, -0.1) is 11.3 Å². The fourth-order valence-corrected chi connectivity index (χ4v) is 4.46. The maximum absolute atomic E-state index is 13.0. The van der Waals surface area contributed by atoms with Crippen molar-refractivity contribution in [2.45, 2.75) is 19.8 Å². The first kappa shape index (κ1) is 17.6. The van der Waals surface area contributed by atoms with Crippen LogP contribution < -0.4 is 5.32 Å². The van der Waals surface area contributed by atoms with Gasteiger partial charge in [0.25, 0.3) is 5.91 Å². The number of carbonyl (C=O) groups is 1. The number of H-pyrrole nitrogens is 2. The molecule has 0 spiro atoms. The third-order valence-electron chi connectivity index (χ3n) is 5.05. The number of thiazole rings is 1. The van der Waals surface area contributed by atoms with Gasteiger partial charge in [0.15, 0.2) is 0 Å². The van der Waals surface area contributed by atoms with Gasteiger partial charge in [-0.2, -0.15) is 5.10 Å². The van der Waals surface area contributed by atoms with E-state index in [1.54, 1.807) is 11.7 Å². The molecule has 0 saturated heterocycles. The smallest absolute Gasteiger partial charge is 0.275 e. The van der Waals surface area contributed by atoms with E-state index in [-0.39, 0.29) is 11.8 Å². The second-order valence-corrected chi connectivity index (χ2v) is 8.16. The van der Waals surface area contributed by atoms with E-state index in [0.29, 0.717) is 11.4 Å². The molecular formula is C22H19N5OS. The number of amides is 1. The SMILES string of the molecule is CC(C)c1scnc1C(=O)Nc1cc(-c2cccc3[nH]ccc23)cc2[nH]ncc12. The van der Waals surface area contributed by atoms with E-state index < -0.39 is 0 Å². The molecule has 0 fully saturated rings. The van der Waals surface area contributed by atoms with Gasteiger partial charge in [-0.3, -0.25) is 9.89 Å². The quantitative estimate of drug-likeness (QED) is 0.369. The second-order valence-electron chi connectivity index (χ2n) is 7.27. The fraction of sp³-hybridized carbons (Fsp3) is 0.136. The van der Waals surface area contributed by atoms with Crippen molar-refractivity contribution in [3.05, 3.63) is 64.9 Å². The van der Waals surface area contributed by atoms with Gasteiger partial charge in [0.05, 0.1) is 22.9 Å². The Morgan fingerprint density at radius 1 is 1.14 bits per heavy atom. The molecule has 5 aromatic rings. The summed E-state index contributed by atoms with van der Waals surface area (Å²) < 4.78 is 0. The van der Waals surface area contributed by atoms with Gasteiger partial charge in [0.1, 0.15) is 5.69 Å². The van der Waals surface area contributed by atoms with Gasteiger partial charge < -0.3 is 10.3 Å². The van der Waals surface area contributed by atoms with Crippen LogP contribution >= 0.6 is 11.3 Å². The molecular weight excluding hydrogens is 382 g/mol. The number of aromatic nitrogens is 4. The van der Waals surface area contributed by atoms with Gasteiger partial charge in [-0.1, -0.05) is 26.0 Å². The number of hydrogen-bond donors (Lipinski definition) is 3. The summed E-state index contributed by atoms with van der Waals surface area (Å²) in [7, 11) is 0. The van der Waals surface area contributed by atoms with Crippen LogP contribution in [0.2, 0.25) is 0 Å². The summed E-state index contributed by atoms with van der Waals surface area (Å²) in [4.78, 5) is 21.5. The van der Waals surface area contributed by atoms with Crippen LogP contribution in [0.1, 0.15) is 35.1 Å². The minimum atomic E-state index is -0.200. The summed E-state index contributed by atoms with van der Waals surface area (Å²) in [6.07, 6.45) is 3.66. The molecule has 2 aromatic carbocycles. The molecule has 0 saturated carbocycles. The molecule has 0 atom stereocenters. The molecule has 3 heterocycles. The van der Waals surface area contributed by atoms with Crippen molar-refractivity contribution in [3.63, 3.8) is 0 Å². The number of aromatic amines is 2. The first-order valence-corrected chi connectivity index (χ1v) is 10.3. The lowest BCUT2D eigenvalue weighted by atomic mass is 9.99. The Labute approximate surface area is 171 Å². The highest BCUT2D eigenvalue weighted by molar-refractivity contribution is 7.10. The minimum absolute atomic E-state index is 0.200. The Bertz CT molecular complexity index is 1340. The highest BCUT2D eigenvalue weighted by Gasteiger charge is 2.19. The molecule has 0 unspecified atom stereocenters. The molecule has 144 valence electrons. The van der Waals surface area contributed by atoms with Crippen molar-refractivity contribution in [3.8, 4) is 11.1 Å². The number of nitrogens with one attached hydrogen (secondary N) is 3. The molecule has 5 rings (SSSR count). The number of carbonyl (C=O) groups excluding carboxylic acids is 1. The van der Waals surface area contributed by atoms with Gasteiger partial charge in [-0.25, -0.2) is 4.98 Å². The molecule has 0 radical (unpaired) electrons. The number of benzene rings is 2. The average molecular weight is 401 g/mol. The van der Waals surface area contributed by atoms with Crippen LogP contribution in [0.15, 0.2) is 54.3 Å². The molecule has 0 aliphatic carbocycles. The zero-order valence-corrected chi connectivity index (χ0v) is 16.8. The van der Waals surface area contributed by atoms with Crippen LogP contribution in [0.25, 0.3) is 32.9 Å². The Hall–Kier alpha value is -3.45. The predicted octanol–water partition coefficient (Wildman–Crippen LogP) is 5.54. The Kier molecular flexibility index (Phi) is 4.17. The van der Waals surface area contributed by atoms with Crippen LogP contribution in [0.4, 0.5) is 5.69 Å². The molecule has 3 N–H and O–H groups in total. The molecule has 0 bridgehead atoms. The van der Waals surface area contributed by atoms with Crippen molar-refractivity contribution in [2.75, 3.05) is 5.32 Å². The van der Waals surface area contributed by atoms with Crippen LogP contribution in [0, 0.1) is 0 Å². The fourth-order valence-electron chi connectivity index (χ4n) is 3.66. The zero-order chi connectivity index (χ0) is 20.0. The summed E-state index contributed by atoms with van der Waals surface area (Å²) in [5.41, 5.74) is 6.96. The number of anilines is 1. The molecule has 3 aromatic heterocycles. The largest absolute Gasteiger partial charge is 0.361 e. The highest BCUT2D eigenvalue weighted by atomic mass is 32.1. The van der Waals surface area contributed by atoms with Gasteiger partial charge in [0.2, 0.25) is 0 Å². The Morgan fingerprint density at radius 2 is 2.03 bits per heavy atom. The molecule has 0 aliphatic rings. The van der Waals surface area contributed by atoms with Crippen LogP contribution in [-0.2, 0) is 0 Å². The maximum Gasteiger partial charge on any atom is 0.275 e. The monoisotopic (exact) mass is 401 g/mol. The lowest BCUT2D eigenvalue weighted by molar-refractivity contribution is 0.102. The molecule has 7 heteroatoms. The van der Waals surface area contributed by atoms with Crippen molar-refractivity contribution >= 4 is 44.7 Å². The topological polar surface area (TPSA) is 86.5 Å². The van der Waals surface area contributed by atoms with E-state index in [4.69, 9.17) is 0 Å². The van der Waals surface area contributed by atoms with E-state index in [1.165, 1.54) is 11.3 Å². The van der Waals surface area contributed by atoms with E-state index >= 15 is 0 Å². The van der Waals surface area contributed by atoms with Gasteiger partial charge >= 0.3 is 0 Å². The maximum atomic E-state index is 13.0. The van der Waals surface area contributed by atoms with Crippen molar-refractivity contribution < 1.29 is 4.79 Å².